The van der Waals surface area contributed by atoms with Gasteiger partial charge in [0.05, 0.1) is 6.61 Å². The third kappa shape index (κ3) is 4.29. The van der Waals surface area contributed by atoms with Crippen LogP contribution in [-0.4, -0.2) is 43.0 Å². The highest BCUT2D eigenvalue weighted by molar-refractivity contribution is 6.01. The lowest BCUT2D eigenvalue weighted by Gasteiger charge is -2.28. The van der Waals surface area contributed by atoms with Crippen LogP contribution < -0.4 is 5.73 Å². The normalized spacial score (nSPS) is 18.2. The molecule has 0 aromatic rings. The van der Waals surface area contributed by atoms with Crippen LogP contribution in [0.15, 0.2) is 0 Å². The largest absolute Gasteiger partial charge is 0.464 e. The third-order valence-corrected chi connectivity index (χ3v) is 3.44. The molecule has 1 atom stereocenters. The molecule has 5 nitrogen and oxygen atoms in total. The van der Waals surface area contributed by atoms with E-state index in [1.54, 1.807) is 18.9 Å². The number of hydrogen-bond donors (Lipinski definition) is 1. The molecule has 0 radical (unpaired) electrons. The quantitative estimate of drug-likeness (QED) is 0.586. The number of esters is 1. The number of carbonyl (C=O) groups is 2. The van der Waals surface area contributed by atoms with Crippen LogP contribution in [0.1, 0.15) is 39.0 Å². The fourth-order valence-electron chi connectivity index (χ4n) is 2.42. The lowest BCUT2D eigenvalue weighted by atomic mass is 9.89. The Balaban J connectivity index is 2.41. The van der Waals surface area contributed by atoms with E-state index in [0.717, 1.165) is 12.8 Å². The zero-order valence-corrected chi connectivity index (χ0v) is 11.4. The molecule has 0 spiro atoms. The molecular weight excluding hydrogens is 232 g/mol. The highest BCUT2D eigenvalue weighted by atomic mass is 16.5. The van der Waals surface area contributed by atoms with E-state index < -0.39 is 12.0 Å². The van der Waals surface area contributed by atoms with E-state index >= 15 is 0 Å². The Morgan fingerprint density at radius 3 is 2.50 bits per heavy atom. The third-order valence-electron chi connectivity index (χ3n) is 3.44. The molecule has 0 saturated heterocycles. The van der Waals surface area contributed by atoms with Crippen LogP contribution in [0.3, 0.4) is 0 Å². The Hall–Kier alpha value is -1.10. The van der Waals surface area contributed by atoms with Crippen molar-refractivity contribution >= 4 is 11.9 Å². The van der Waals surface area contributed by atoms with E-state index in [0.29, 0.717) is 12.5 Å². The minimum atomic E-state index is -1.18. The summed E-state index contributed by atoms with van der Waals surface area (Å²) in [6, 6.07) is -1.18. The van der Waals surface area contributed by atoms with Crippen molar-refractivity contribution in [3.8, 4) is 0 Å². The van der Waals surface area contributed by atoms with Crippen molar-refractivity contribution in [1.29, 1.82) is 0 Å². The number of likely N-dealkylation sites (N-methyl/N-ethyl adjacent to an activating group) is 1. The maximum absolute atomic E-state index is 11.9. The first-order valence-corrected chi connectivity index (χ1v) is 6.73. The highest BCUT2D eigenvalue weighted by Gasteiger charge is 2.28. The summed E-state index contributed by atoms with van der Waals surface area (Å²) in [7, 11) is 1.70. The van der Waals surface area contributed by atoms with Crippen molar-refractivity contribution in [2.24, 2.45) is 11.7 Å². The van der Waals surface area contributed by atoms with E-state index in [-0.39, 0.29) is 12.5 Å². The van der Waals surface area contributed by atoms with Gasteiger partial charge in [-0.15, -0.1) is 0 Å². The summed E-state index contributed by atoms with van der Waals surface area (Å²) in [5, 5.41) is 0. The van der Waals surface area contributed by atoms with Crippen LogP contribution >= 0.6 is 0 Å². The lowest BCUT2D eigenvalue weighted by molar-refractivity contribution is -0.150. The summed E-state index contributed by atoms with van der Waals surface area (Å²) >= 11 is 0. The summed E-state index contributed by atoms with van der Waals surface area (Å²) in [5.41, 5.74) is 5.59. The minimum Gasteiger partial charge on any atom is -0.464 e. The molecular formula is C13H24N2O3. The topological polar surface area (TPSA) is 72.6 Å². The molecule has 0 aromatic heterocycles. The molecule has 1 saturated carbocycles. The van der Waals surface area contributed by atoms with Gasteiger partial charge in [-0.3, -0.25) is 4.79 Å². The predicted molar refractivity (Wildman–Crippen MR) is 68.8 cm³/mol. The first-order chi connectivity index (χ1) is 8.56. The zero-order chi connectivity index (χ0) is 13.5. The number of nitrogens with two attached hydrogens (primary N) is 1. The zero-order valence-electron chi connectivity index (χ0n) is 11.4. The number of carbonyl (C=O) groups excluding carboxylic acids is 2. The molecule has 0 heterocycles. The fraction of sp³-hybridized carbons (Fsp3) is 0.846. The number of rotatable bonds is 5. The molecule has 1 rings (SSSR count). The van der Waals surface area contributed by atoms with Gasteiger partial charge >= 0.3 is 5.97 Å². The monoisotopic (exact) mass is 256 g/mol. The van der Waals surface area contributed by atoms with Gasteiger partial charge < -0.3 is 15.4 Å². The van der Waals surface area contributed by atoms with Gasteiger partial charge in [-0.1, -0.05) is 19.3 Å². The molecule has 1 aliphatic carbocycles. The second-order valence-corrected chi connectivity index (χ2v) is 4.95. The van der Waals surface area contributed by atoms with Crippen molar-refractivity contribution in [3.05, 3.63) is 0 Å². The van der Waals surface area contributed by atoms with Crippen LogP contribution in [0.2, 0.25) is 0 Å². The Kier molecular flexibility index (Phi) is 6.12. The van der Waals surface area contributed by atoms with Crippen molar-refractivity contribution in [3.63, 3.8) is 0 Å². The molecule has 0 aromatic carbocycles. The predicted octanol–water partition coefficient (Wildman–Crippen LogP) is 0.915. The summed E-state index contributed by atoms with van der Waals surface area (Å²) in [6.07, 6.45) is 6.07. The molecule has 1 aliphatic rings. The molecule has 5 heteroatoms. The van der Waals surface area contributed by atoms with Crippen molar-refractivity contribution in [1.82, 2.24) is 4.90 Å². The molecule has 1 unspecified atom stereocenters. The number of nitrogens with zero attached hydrogens (tertiary/aromatic N) is 1. The van der Waals surface area contributed by atoms with Gasteiger partial charge in [0.25, 0.3) is 5.91 Å². The van der Waals surface area contributed by atoms with Crippen LogP contribution in [-0.2, 0) is 14.3 Å². The molecule has 104 valence electrons. The van der Waals surface area contributed by atoms with Gasteiger partial charge in [0.1, 0.15) is 0 Å². The van der Waals surface area contributed by atoms with Gasteiger partial charge in [-0.25, -0.2) is 4.79 Å². The number of hydrogen-bond acceptors (Lipinski definition) is 4. The van der Waals surface area contributed by atoms with Crippen LogP contribution in [0.5, 0.6) is 0 Å². The SMILES string of the molecule is CCOC(=O)C(N)C(=O)N(C)CC1CCCCC1. The van der Waals surface area contributed by atoms with E-state index in [2.05, 4.69) is 0 Å². The fourth-order valence-corrected chi connectivity index (χ4v) is 2.42. The second-order valence-electron chi connectivity index (χ2n) is 4.95. The maximum atomic E-state index is 11.9. The van der Waals surface area contributed by atoms with Crippen molar-refractivity contribution < 1.29 is 14.3 Å². The van der Waals surface area contributed by atoms with E-state index in [1.807, 2.05) is 0 Å². The van der Waals surface area contributed by atoms with Crippen LogP contribution in [0, 0.1) is 5.92 Å². The Bertz CT molecular complexity index is 288. The first kappa shape index (κ1) is 15.0. The molecule has 0 aliphatic heterocycles. The first-order valence-electron chi connectivity index (χ1n) is 6.73. The van der Waals surface area contributed by atoms with Crippen LogP contribution in [0.25, 0.3) is 0 Å². The van der Waals surface area contributed by atoms with Crippen molar-refractivity contribution in [2.75, 3.05) is 20.2 Å². The van der Waals surface area contributed by atoms with Gasteiger partial charge in [0.15, 0.2) is 6.04 Å². The van der Waals surface area contributed by atoms with E-state index in [9.17, 15) is 9.59 Å². The van der Waals surface area contributed by atoms with Crippen LogP contribution in [0.4, 0.5) is 0 Å². The average molecular weight is 256 g/mol. The van der Waals surface area contributed by atoms with E-state index in [1.165, 1.54) is 19.3 Å². The standard InChI is InChI=1S/C13H24N2O3/c1-3-18-13(17)11(14)12(16)15(2)9-10-7-5-4-6-8-10/h10-11H,3-9,14H2,1-2H3. The smallest absolute Gasteiger partial charge is 0.332 e. The summed E-state index contributed by atoms with van der Waals surface area (Å²) in [5.74, 6) is -0.445. The average Bonchev–Trinajstić information content (AvgIpc) is 2.38. The maximum Gasteiger partial charge on any atom is 0.332 e. The second kappa shape index (κ2) is 7.36. The van der Waals surface area contributed by atoms with Gasteiger partial charge in [-0.2, -0.15) is 0 Å². The Morgan fingerprint density at radius 2 is 1.94 bits per heavy atom. The molecule has 1 amide bonds. The molecule has 1 fully saturated rings. The molecule has 2 N–H and O–H groups in total. The van der Waals surface area contributed by atoms with Gasteiger partial charge in [0, 0.05) is 13.6 Å². The van der Waals surface area contributed by atoms with E-state index in [4.69, 9.17) is 10.5 Å². The Labute approximate surface area is 109 Å². The summed E-state index contributed by atoms with van der Waals surface area (Å²) in [4.78, 5) is 24.9. The summed E-state index contributed by atoms with van der Waals surface area (Å²) in [6.45, 7) is 2.62. The summed E-state index contributed by atoms with van der Waals surface area (Å²) < 4.78 is 4.75. The van der Waals surface area contributed by atoms with Crippen molar-refractivity contribution in [2.45, 2.75) is 45.1 Å². The molecule has 18 heavy (non-hydrogen) atoms. The highest BCUT2D eigenvalue weighted by Crippen LogP contribution is 2.24. The minimum absolute atomic E-state index is 0.242. The Morgan fingerprint density at radius 1 is 1.33 bits per heavy atom. The lowest BCUT2D eigenvalue weighted by Crippen LogP contribution is -2.48. The molecule has 0 bridgehead atoms. The number of amides is 1. The number of ether oxygens (including phenoxy) is 1. The van der Waals surface area contributed by atoms with Gasteiger partial charge in [0.2, 0.25) is 0 Å². The van der Waals surface area contributed by atoms with Gasteiger partial charge in [-0.05, 0) is 25.7 Å².